The Kier molecular flexibility index (Phi) is 5.00. The van der Waals surface area contributed by atoms with E-state index >= 15 is 0 Å². The summed E-state index contributed by atoms with van der Waals surface area (Å²) in [5, 5.41) is 5.19. The van der Waals surface area contributed by atoms with Gasteiger partial charge in [0.15, 0.2) is 0 Å². The van der Waals surface area contributed by atoms with Crippen LogP contribution in [0.2, 0.25) is 0 Å². The summed E-state index contributed by atoms with van der Waals surface area (Å²) >= 11 is 0. The highest BCUT2D eigenvalue weighted by Gasteiger charge is 2.10. The second kappa shape index (κ2) is 6.52. The SMILES string of the molecule is CCNC(=O)CC(=O)Nc1ccccc1OC. The molecule has 0 aliphatic carbocycles. The van der Waals surface area contributed by atoms with Gasteiger partial charge in [-0.3, -0.25) is 9.59 Å². The molecule has 5 nitrogen and oxygen atoms in total. The third-order valence-electron chi connectivity index (χ3n) is 2.08. The van der Waals surface area contributed by atoms with Gasteiger partial charge in [-0.05, 0) is 19.1 Å². The minimum atomic E-state index is -0.361. The molecule has 0 aromatic heterocycles. The van der Waals surface area contributed by atoms with Crippen molar-refractivity contribution in [3.63, 3.8) is 0 Å². The van der Waals surface area contributed by atoms with Crippen LogP contribution in [0.3, 0.4) is 0 Å². The van der Waals surface area contributed by atoms with E-state index in [1.807, 2.05) is 0 Å². The van der Waals surface area contributed by atoms with E-state index in [2.05, 4.69) is 10.6 Å². The first kappa shape index (κ1) is 13.0. The molecule has 0 spiro atoms. The van der Waals surface area contributed by atoms with Crippen LogP contribution in [0.25, 0.3) is 0 Å². The molecule has 0 aliphatic heterocycles. The molecule has 0 atom stereocenters. The topological polar surface area (TPSA) is 67.4 Å². The normalized spacial score (nSPS) is 9.53. The number of para-hydroxylation sites is 2. The van der Waals surface area contributed by atoms with Crippen LogP contribution in [-0.2, 0) is 9.59 Å². The van der Waals surface area contributed by atoms with E-state index in [1.54, 1.807) is 31.2 Å². The lowest BCUT2D eigenvalue weighted by atomic mass is 10.2. The Morgan fingerprint density at radius 3 is 2.59 bits per heavy atom. The summed E-state index contributed by atoms with van der Waals surface area (Å²) in [7, 11) is 1.52. The molecule has 2 amide bonds. The van der Waals surface area contributed by atoms with E-state index in [1.165, 1.54) is 7.11 Å². The zero-order valence-corrected chi connectivity index (χ0v) is 9.95. The molecule has 92 valence electrons. The molecule has 0 aliphatic rings. The standard InChI is InChI=1S/C12H16N2O3/c1-3-13-11(15)8-12(16)14-9-6-4-5-7-10(9)17-2/h4-7H,3,8H2,1-2H3,(H,13,15)(H,14,16). The number of carbonyl (C=O) groups is 2. The van der Waals surface area contributed by atoms with Gasteiger partial charge in [0.1, 0.15) is 12.2 Å². The van der Waals surface area contributed by atoms with Crippen LogP contribution in [0.1, 0.15) is 13.3 Å². The van der Waals surface area contributed by atoms with E-state index in [4.69, 9.17) is 4.74 Å². The molecule has 0 bridgehead atoms. The van der Waals surface area contributed by atoms with E-state index in [-0.39, 0.29) is 18.2 Å². The van der Waals surface area contributed by atoms with Crippen LogP contribution in [0, 0.1) is 0 Å². The highest BCUT2D eigenvalue weighted by molar-refractivity contribution is 6.04. The van der Waals surface area contributed by atoms with E-state index in [9.17, 15) is 9.59 Å². The van der Waals surface area contributed by atoms with Crippen molar-refractivity contribution in [1.82, 2.24) is 5.32 Å². The Morgan fingerprint density at radius 2 is 1.94 bits per heavy atom. The molecule has 1 aromatic carbocycles. The molecule has 1 rings (SSSR count). The Bertz CT molecular complexity index is 404. The summed E-state index contributed by atoms with van der Waals surface area (Å²) in [5.74, 6) is -0.0860. The molecule has 0 unspecified atom stereocenters. The highest BCUT2D eigenvalue weighted by Crippen LogP contribution is 2.22. The fourth-order valence-electron chi connectivity index (χ4n) is 1.35. The first-order chi connectivity index (χ1) is 8.17. The first-order valence-electron chi connectivity index (χ1n) is 5.37. The number of carbonyl (C=O) groups excluding carboxylic acids is 2. The first-order valence-corrected chi connectivity index (χ1v) is 5.37. The van der Waals surface area contributed by atoms with Crippen LogP contribution < -0.4 is 15.4 Å². The summed E-state index contributed by atoms with van der Waals surface area (Å²) < 4.78 is 5.08. The van der Waals surface area contributed by atoms with Gasteiger partial charge in [0.05, 0.1) is 12.8 Å². The van der Waals surface area contributed by atoms with Crippen LogP contribution >= 0.6 is 0 Å². The van der Waals surface area contributed by atoms with E-state index in [0.29, 0.717) is 18.0 Å². The molecule has 0 heterocycles. The van der Waals surface area contributed by atoms with Crippen LogP contribution in [0.4, 0.5) is 5.69 Å². The quantitative estimate of drug-likeness (QED) is 0.754. The van der Waals surface area contributed by atoms with Gasteiger partial charge in [-0.2, -0.15) is 0 Å². The number of rotatable bonds is 5. The van der Waals surface area contributed by atoms with Gasteiger partial charge in [0, 0.05) is 6.54 Å². The smallest absolute Gasteiger partial charge is 0.233 e. The fourth-order valence-corrected chi connectivity index (χ4v) is 1.35. The molecular formula is C12H16N2O3. The molecule has 1 aromatic rings. The second-order valence-corrected chi connectivity index (χ2v) is 3.38. The van der Waals surface area contributed by atoms with Crippen molar-refractivity contribution in [2.24, 2.45) is 0 Å². The Morgan fingerprint density at radius 1 is 1.24 bits per heavy atom. The van der Waals surface area contributed by atoms with Gasteiger partial charge in [-0.15, -0.1) is 0 Å². The highest BCUT2D eigenvalue weighted by atomic mass is 16.5. The molecule has 0 radical (unpaired) electrons. The Hall–Kier alpha value is -2.04. The van der Waals surface area contributed by atoms with Crippen molar-refractivity contribution in [3.05, 3.63) is 24.3 Å². The fraction of sp³-hybridized carbons (Fsp3) is 0.333. The second-order valence-electron chi connectivity index (χ2n) is 3.38. The average Bonchev–Trinajstić information content (AvgIpc) is 2.29. The van der Waals surface area contributed by atoms with Crippen LogP contribution in [-0.4, -0.2) is 25.5 Å². The molecule has 5 heteroatoms. The lowest BCUT2D eigenvalue weighted by Crippen LogP contribution is -2.27. The number of hydrogen-bond acceptors (Lipinski definition) is 3. The lowest BCUT2D eigenvalue weighted by Gasteiger charge is -2.09. The van der Waals surface area contributed by atoms with Crippen molar-refractivity contribution in [1.29, 1.82) is 0 Å². The number of nitrogens with one attached hydrogen (secondary N) is 2. The number of methoxy groups -OCH3 is 1. The van der Waals surface area contributed by atoms with Gasteiger partial charge >= 0.3 is 0 Å². The maximum atomic E-state index is 11.5. The lowest BCUT2D eigenvalue weighted by molar-refractivity contribution is -0.126. The monoisotopic (exact) mass is 236 g/mol. The summed E-state index contributed by atoms with van der Waals surface area (Å²) in [5.41, 5.74) is 0.560. The Balaban J connectivity index is 2.59. The predicted octanol–water partition coefficient (Wildman–Crippen LogP) is 1.16. The maximum Gasteiger partial charge on any atom is 0.233 e. The van der Waals surface area contributed by atoms with Crippen molar-refractivity contribution in [3.8, 4) is 5.75 Å². The predicted molar refractivity (Wildman–Crippen MR) is 64.9 cm³/mol. The third-order valence-corrected chi connectivity index (χ3v) is 2.08. The van der Waals surface area contributed by atoms with Gasteiger partial charge in [-0.1, -0.05) is 12.1 Å². The van der Waals surface area contributed by atoms with E-state index in [0.717, 1.165) is 0 Å². The van der Waals surface area contributed by atoms with Gasteiger partial charge in [-0.25, -0.2) is 0 Å². The third kappa shape index (κ3) is 4.14. The largest absolute Gasteiger partial charge is 0.495 e. The molecule has 2 N–H and O–H groups in total. The van der Waals surface area contributed by atoms with Gasteiger partial charge in [0.25, 0.3) is 0 Å². The molecule has 0 fully saturated rings. The number of hydrogen-bond donors (Lipinski definition) is 2. The summed E-state index contributed by atoms with van der Waals surface area (Å²) in [4.78, 5) is 22.7. The number of anilines is 1. The van der Waals surface area contributed by atoms with Crippen molar-refractivity contribution >= 4 is 17.5 Å². The average molecular weight is 236 g/mol. The summed E-state index contributed by atoms with van der Waals surface area (Å²) in [6, 6.07) is 7.04. The van der Waals surface area contributed by atoms with Gasteiger partial charge < -0.3 is 15.4 Å². The number of amides is 2. The molecule has 0 saturated carbocycles. The number of ether oxygens (including phenoxy) is 1. The van der Waals surface area contributed by atoms with Gasteiger partial charge in [0.2, 0.25) is 11.8 Å². The van der Waals surface area contributed by atoms with Crippen molar-refractivity contribution in [2.75, 3.05) is 19.0 Å². The summed E-state index contributed by atoms with van der Waals surface area (Å²) in [6.07, 6.45) is -0.189. The maximum absolute atomic E-state index is 11.5. The van der Waals surface area contributed by atoms with Crippen LogP contribution in [0.5, 0.6) is 5.75 Å². The Labute approximate surface area is 100 Å². The molecular weight excluding hydrogens is 220 g/mol. The zero-order valence-electron chi connectivity index (χ0n) is 9.95. The van der Waals surface area contributed by atoms with Crippen molar-refractivity contribution in [2.45, 2.75) is 13.3 Å². The van der Waals surface area contributed by atoms with E-state index < -0.39 is 0 Å². The molecule has 0 saturated heterocycles. The zero-order chi connectivity index (χ0) is 12.7. The minimum absolute atomic E-state index is 0.189. The molecule has 17 heavy (non-hydrogen) atoms. The van der Waals surface area contributed by atoms with Crippen molar-refractivity contribution < 1.29 is 14.3 Å². The number of benzene rings is 1. The summed E-state index contributed by atoms with van der Waals surface area (Å²) in [6.45, 7) is 2.32. The minimum Gasteiger partial charge on any atom is -0.495 e. The van der Waals surface area contributed by atoms with Crippen LogP contribution in [0.15, 0.2) is 24.3 Å².